The van der Waals surface area contributed by atoms with Crippen molar-refractivity contribution in [3.8, 4) is 29.1 Å². The van der Waals surface area contributed by atoms with Gasteiger partial charge in [-0.25, -0.2) is 0 Å². The summed E-state index contributed by atoms with van der Waals surface area (Å²) < 4.78 is 23.7. The second-order valence-electron chi connectivity index (χ2n) is 9.03. The van der Waals surface area contributed by atoms with Crippen molar-refractivity contribution in [1.82, 2.24) is 0 Å². The molecule has 0 bridgehead atoms. The number of carbonyl (C=O) groups excluding carboxylic acids is 1. The minimum absolute atomic E-state index is 0.0796. The lowest BCUT2D eigenvalue weighted by atomic mass is 10.1. The molecule has 42 heavy (non-hydrogen) atoms. The molecular formula is C34H31ClN2O5. The number of carbonyl (C=O) groups is 1. The number of anilines is 1. The summed E-state index contributed by atoms with van der Waals surface area (Å²) in [5.74, 6) is 1.47. The molecule has 0 aliphatic carbocycles. The molecule has 0 aliphatic heterocycles. The molecule has 0 atom stereocenters. The number of hydrogen-bond acceptors (Lipinski definition) is 6. The minimum atomic E-state index is -0.528. The van der Waals surface area contributed by atoms with E-state index in [9.17, 15) is 10.1 Å². The molecule has 0 heterocycles. The largest absolute Gasteiger partial charge is 0.490 e. The fraction of sp³-hybridized carbons (Fsp3) is 0.176. The zero-order chi connectivity index (χ0) is 29.7. The van der Waals surface area contributed by atoms with Crippen molar-refractivity contribution in [3.05, 3.63) is 118 Å². The summed E-state index contributed by atoms with van der Waals surface area (Å²) in [4.78, 5) is 12.7. The van der Waals surface area contributed by atoms with Gasteiger partial charge in [-0.05, 0) is 73.0 Å². The van der Waals surface area contributed by atoms with Crippen LogP contribution in [0.4, 0.5) is 5.69 Å². The fourth-order valence-corrected chi connectivity index (χ4v) is 4.30. The maximum Gasteiger partial charge on any atom is 0.266 e. The quantitative estimate of drug-likeness (QED) is 0.128. The predicted molar refractivity (Wildman–Crippen MR) is 164 cm³/mol. The van der Waals surface area contributed by atoms with E-state index in [1.807, 2.05) is 74.5 Å². The first kappa shape index (κ1) is 30.0. The molecule has 1 N–H and O–H groups in total. The first-order chi connectivity index (χ1) is 20.5. The smallest absolute Gasteiger partial charge is 0.266 e. The lowest BCUT2D eigenvalue weighted by Gasteiger charge is -2.16. The van der Waals surface area contributed by atoms with Gasteiger partial charge in [0, 0.05) is 5.69 Å². The Labute approximate surface area is 250 Å². The molecule has 0 aromatic heterocycles. The molecule has 0 saturated heterocycles. The van der Waals surface area contributed by atoms with Crippen LogP contribution in [-0.4, -0.2) is 19.1 Å². The molecule has 8 heteroatoms. The molecular weight excluding hydrogens is 552 g/mol. The maximum atomic E-state index is 12.7. The van der Waals surface area contributed by atoms with Crippen molar-refractivity contribution in [2.45, 2.75) is 27.1 Å². The van der Waals surface area contributed by atoms with Crippen LogP contribution in [0.5, 0.6) is 23.0 Å². The normalized spacial score (nSPS) is 10.9. The van der Waals surface area contributed by atoms with Gasteiger partial charge < -0.3 is 24.3 Å². The van der Waals surface area contributed by atoms with Gasteiger partial charge in [0.2, 0.25) is 0 Å². The highest BCUT2D eigenvalue weighted by atomic mass is 35.5. The van der Waals surface area contributed by atoms with Crippen LogP contribution in [0.2, 0.25) is 5.02 Å². The van der Waals surface area contributed by atoms with Crippen molar-refractivity contribution < 1.29 is 23.7 Å². The van der Waals surface area contributed by atoms with Gasteiger partial charge in [0.05, 0.1) is 18.2 Å². The van der Waals surface area contributed by atoms with Gasteiger partial charge >= 0.3 is 0 Å². The molecule has 0 spiro atoms. The van der Waals surface area contributed by atoms with Crippen molar-refractivity contribution in [2.24, 2.45) is 0 Å². The van der Waals surface area contributed by atoms with Crippen LogP contribution in [0.1, 0.15) is 30.5 Å². The molecule has 0 aliphatic rings. The highest BCUT2D eigenvalue weighted by molar-refractivity contribution is 6.32. The Hall–Kier alpha value is -4.93. The highest BCUT2D eigenvalue weighted by Crippen LogP contribution is 2.38. The van der Waals surface area contributed by atoms with Gasteiger partial charge in [0.25, 0.3) is 5.91 Å². The molecule has 0 saturated carbocycles. The van der Waals surface area contributed by atoms with E-state index in [0.717, 1.165) is 11.1 Å². The summed E-state index contributed by atoms with van der Waals surface area (Å²) >= 11 is 6.62. The Morgan fingerprint density at radius 1 is 0.786 bits per heavy atom. The molecule has 1 amide bonds. The number of rotatable bonds is 13. The number of para-hydroxylation sites is 1. The molecule has 4 aromatic carbocycles. The summed E-state index contributed by atoms with van der Waals surface area (Å²) in [6.07, 6.45) is 1.46. The Morgan fingerprint density at radius 2 is 1.45 bits per heavy atom. The summed E-state index contributed by atoms with van der Waals surface area (Å²) in [6, 6.07) is 29.7. The van der Waals surface area contributed by atoms with Crippen LogP contribution in [0, 0.1) is 11.3 Å². The van der Waals surface area contributed by atoms with Crippen LogP contribution >= 0.6 is 11.6 Å². The average Bonchev–Trinajstić information content (AvgIpc) is 3.00. The van der Waals surface area contributed by atoms with E-state index in [4.69, 9.17) is 30.5 Å². The number of benzene rings is 4. The molecule has 4 aromatic rings. The number of nitriles is 1. The lowest BCUT2D eigenvalue weighted by Crippen LogP contribution is -2.13. The molecule has 0 fully saturated rings. The SMILES string of the molecule is CCOc1cc(COc2c(Cl)cc(/C=C(\C#N)C(=O)Nc3ccccc3)cc2OCC)ccc1OCc1ccccc1. The molecule has 4 rings (SSSR count). The molecule has 214 valence electrons. The Kier molecular flexibility index (Phi) is 10.9. The Balaban J connectivity index is 1.50. The number of halogens is 1. The van der Waals surface area contributed by atoms with Crippen LogP contribution in [-0.2, 0) is 18.0 Å². The third kappa shape index (κ3) is 8.29. The van der Waals surface area contributed by atoms with Gasteiger partial charge in [-0.1, -0.05) is 66.2 Å². The van der Waals surface area contributed by atoms with Crippen LogP contribution < -0.4 is 24.3 Å². The maximum absolute atomic E-state index is 12.7. The first-order valence-corrected chi connectivity index (χ1v) is 13.9. The third-order valence-corrected chi connectivity index (χ3v) is 6.25. The first-order valence-electron chi connectivity index (χ1n) is 13.5. The van der Waals surface area contributed by atoms with E-state index in [2.05, 4.69) is 5.32 Å². The van der Waals surface area contributed by atoms with E-state index in [1.54, 1.807) is 36.4 Å². The lowest BCUT2D eigenvalue weighted by molar-refractivity contribution is -0.112. The highest BCUT2D eigenvalue weighted by Gasteiger charge is 2.16. The molecule has 7 nitrogen and oxygen atoms in total. The topological polar surface area (TPSA) is 89.8 Å². The second-order valence-corrected chi connectivity index (χ2v) is 9.44. The van der Waals surface area contributed by atoms with Gasteiger partial charge in [-0.2, -0.15) is 5.26 Å². The van der Waals surface area contributed by atoms with Crippen molar-refractivity contribution >= 4 is 29.3 Å². The van der Waals surface area contributed by atoms with E-state index in [1.165, 1.54) is 6.08 Å². The van der Waals surface area contributed by atoms with Crippen molar-refractivity contribution in [1.29, 1.82) is 5.26 Å². The number of nitrogens with zero attached hydrogens (tertiary/aromatic N) is 1. The fourth-order valence-electron chi connectivity index (χ4n) is 4.03. The van der Waals surface area contributed by atoms with E-state index in [0.29, 0.717) is 54.1 Å². The number of amides is 1. The average molecular weight is 583 g/mol. The van der Waals surface area contributed by atoms with Gasteiger partial charge in [-0.15, -0.1) is 0 Å². The summed E-state index contributed by atoms with van der Waals surface area (Å²) in [5, 5.41) is 12.6. The zero-order valence-electron chi connectivity index (χ0n) is 23.4. The van der Waals surface area contributed by atoms with E-state index in [-0.39, 0.29) is 17.2 Å². The second kappa shape index (κ2) is 15.2. The predicted octanol–water partition coefficient (Wildman–Crippen LogP) is 7.84. The van der Waals surface area contributed by atoms with Crippen LogP contribution in [0.3, 0.4) is 0 Å². The van der Waals surface area contributed by atoms with Crippen LogP contribution in [0.25, 0.3) is 6.08 Å². The standard InChI is InChI=1S/C34H31ClN2O5/c1-3-39-31-19-25(15-16-30(31)41-22-24-11-7-5-8-12-24)23-42-33-29(35)18-26(20-32(33)40-4-2)17-27(21-36)34(38)37-28-13-9-6-10-14-28/h5-20H,3-4,22-23H2,1-2H3,(H,37,38)/b27-17+. The third-order valence-electron chi connectivity index (χ3n) is 5.97. The zero-order valence-corrected chi connectivity index (χ0v) is 24.2. The monoisotopic (exact) mass is 582 g/mol. The van der Waals surface area contributed by atoms with Gasteiger partial charge in [0.15, 0.2) is 23.0 Å². The van der Waals surface area contributed by atoms with Gasteiger partial charge in [-0.3, -0.25) is 4.79 Å². The number of hydrogen-bond donors (Lipinski definition) is 1. The number of nitrogens with one attached hydrogen (secondary N) is 1. The van der Waals surface area contributed by atoms with Crippen molar-refractivity contribution in [2.75, 3.05) is 18.5 Å². The Morgan fingerprint density at radius 3 is 2.14 bits per heavy atom. The molecule has 0 unspecified atom stereocenters. The van der Waals surface area contributed by atoms with Crippen LogP contribution in [0.15, 0.2) is 96.6 Å². The van der Waals surface area contributed by atoms with Gasteiger partial charge in [0.1, 0.15) is 24.9 Å². The minimum Gasteiger partial charge on any atom is -0.490 e. The summed E-state index contributed by atoms with van der Waals surface area (Å²) in [6.45, 7) is 5.22. The molecule has 0 radical (unpaired) electrons. The summed E-state index contributed by atoms with van der Waals surface area (Å²) in [7, 11) is 0. The summed E-state index contributed by atoms with van der Waals surface area (Å²) in [5.41, 5.74) is 2.93. The van der Waals surface area contributed by atoms with E-state index < -0.39 is 5.91 Å². The number of ether oxygens (including phenoxy) is 4. The van der Waals surface area contributed by atoms with E-state index >= 15 is 0 Å². The Bertz CT molecular complexity index is 1570. The van der Waals surface area contributed by atoms with Crippen molar-refractivity contribution in [3.63, 3.8) is 0 Å².